The van der Waals surface area contributed by atoms with Crippen molar-refractivity contribution < 1.29 is 22.4 Å². The quantitative estimate of drug-likeness (QED) is 0.302. The zero-order valence-corrected chi connectivity index (χ0v) is 12.6. The molecule has 0 fully saturated rings. The first-order valence-electron chi connectivity index (χ1n) is 7.13. The molecule has 0 saturated heterocycles. The molecule has 1 heterocycles. The van der Waals surface area contributed by atoms with Crippen LogP contribution in [0.2, 0.25) is 0 Å². The van der Waals surface area contributed by atoms with E-state index in [1.807, 2.05) is 0 Å². The zero-order valence-electron chi connectivity index (χ0n) is 12.6. The van der Waals surface area contributed by atoms with Gasteiger partial charge in [-0.15, -0.1) is 0 Å². The van der Waals surface area contributed by atoms with Crippen molar-refractivity contribution in [2.75, 3.05) is 0 Å². The molecule has 0 radical (unpaired) electrons. The van der Waals surface area contributed by atoms with Gasteiger partial charge in [-0.1, -0.05) is 65.8 Å². The highest BCUT2D eigenvalue weighted by Gasteiger charge is 2.23. The van der Waals surface area contributed by atoms with E-state index < -0.39 is 29.3 Å². The average Bonchev–Trinajstić information content (AvgIpc) is 2.64. The monoisotopic (exact) mass is 346 g/mol. The van der Waals surface area contributed by atoms with Crippen LogP contribution in [0.25, 0.3) is 0 Å². The molecule has 0 atom stereocenters. The number of halogens is 4. The van der Waals surface area contributed by atoms with Gasteiger partial charge in [0.15, 0.2) is 0 Å². The van der Waals surface area contributed by atoms with E-state index in [1.165, 1.54) is 0 Å². The Morgan fingerprint density at radius 1 is 0.720 bits per heavy atom. The Morgan fingerprint density at radius 2 is 1.16 bits per heavy atom. The van der Waals surface area contributed by atoms with Crippen molar-refractivity contribution in [1.29, 1.82) is 0 Å². The van der Waals surface area contributed by atoms with E-state index in [-0.39, 0.29) is 5.71 Å². The summed E-state index contributed by atoms with van der Waals surface area (Å²) in [6, 6.07) is 17.3. The maximum Gasteiger partial charge on any atom is 0.255 e. The van der Waals surface area contributed by atoms with Gasteiger partial charge < -0.3 is 4.84 Å². The van der Waals surface area contributed by atoms with Gasteiger partial charge in [0.2, 0.25) is 17.4 Å². The van der Waals surface area contributed by atoms with Crippen molar-refractivity contribution in [2.24, 2.45) is 5.16 Å². The van der Waals surface area contributed by atoms with E-state index in [0.29, 0.717) is 11.1 Å². The van der Waals surface area contributed by atoms with E-state index in [2.05, 4.69) is 10.1 Å². The van der Waals surface area contributed by atoms with E-state index in [4.69, 9.17) is 4.84 Å². The van der Waals surface area contributed by atoms with Gasteiger partial charge in [-0.2, -0.15) is 22.5 Å². The van der Waals surface area contributed by atoms with Crippen molar-refractivity contribution in [2.45, 2.75) is 0 Å². The van der Waals surface area contributed by atoms with Crippen molar-refractivity contribution >= 4 is 5.71 Å². The van der Waals surface area contributed by atoms with Gasteiger partial charge in [-0.25, -0.2) is 0 Å². The van der Waals surface area contributed by atoms with Gasteiger partial charge in [0.1, 0.15) is 5.71 Å². The van der Waals surface area contributed by atoms with Crippen molar-refractivity contribution in [3.8, 4) is 5.75 Å². The molecule has 25 heavy (non-hydrogen) atoms. The number of aromatic nitrogens is 1. The lowest BCUT2D eigenvalue weighted by atomic mass is 10.0. The Balaban J connectivity index is 2.07. The number of pyridine rings is 1. The molecule has 0 amide bonds. The van der Waals surface area contributed by atoms with Crippen LogP contribution in [0.5, 0.6) is 5.75 Å². The molecule has 0 aliphatic rings. The second-order valence-electron chi connectivity index (χ2n) is 4.91. The Labute approximate surface area is 140 Å². The Kier molecular flexibility index (Phi) is 4.74. The number of rotatable bonds is 4. The van der Waals surface area contributed by atoms with Crippen LogP contribution in [0, 0.1) is 23.5 Å². The predicted molar refractivity (Wildman–Crippen MR) is 83.2 cm³/mol. The fourth-order valence-corrected chi connectivity index (χ4v) is 2.10. The fraction of sp³-hybridized carbons (Fsp3) is 0. The number of nitrogens with zero attached hydrogens (tertiary/aromatic N) is 2. The maximum absolute atomic E-state index is 13.7. The maximum atomic E-state index is 13.7. The number of hydrogen-bond acceptors (Lipinski definition) is 3. The molecule has 0 bridgehead atoms. The molecule has 7 heteroatoms. The third-order valence-corrected chi connectivity index (χ3v) is 3.28. The summed E-state index contributed by atoms with van der Waals surface area (Å²) in [5.74, 6) is -8.45. The summed E-state index contributed by atoms with van der Waals surface area (Å²) in [6.07, 6.45) is 0. The molecule has 0 unspecified atom stereocenters. The fourth-order valence-electron chi connectivity index (χ4n) is 2.10. The van der Waals surface area contributed by atoms with Gasteiger partial charge in [-0.3, -0.25) is 0 Å². The SMILES string of the molecule is Fc1nc(F)c(F)c(ON=C(c2ccccc2)c2ccccc2)c1F. The molecule has 0 spiro atoms. The topological polar surface area (TPSA) is 34.5 Å². The van der Waals surface area contributed by atoms with Crippen LogP contribution >= 0.6 is 0 Å². The molecule has 1 aromatic heterocycles. The summed E-state index contributed by atoms with van der Waals surface area (Å²) in [6.45, 7) is 0. The Hall–Kier alpha value is -3.22. The third kappa shape index (κ3) is 3.50. The van der Waals surface area contributed by atoms with Gasteiger partial charge in [0.25, 0.3) is 11.9 Å². The predicted octanol–water partition coefficient (Wildman–Crippen LogP) is 4.47. The van der Waals surface area contributed by atoms with Crippen LogP contribution in [-0.4, -0.2) is 10.7 Å². The molecular weight excluding hydrogens is 336 g/mol. The Bertz CT molecular complexity index is 848. The minimum Gasteiger partial charge on any atom is -0.350 e. The first kappa shape index (κ1) is 16.6. The van der Waals surface area contributed by atoms with E-state index in [1.54, 1.807) is 60.7 Å². The van der Waals surface area contributed by atoms with Crippen LogP contribution in [-0.2, 0) is 0 Å². The van der Waals surface area contributed by atoms with Gasteiger partial charge >= 0.3 is 0 Å². The van der Waals surface area contributed by atoms with Gasteiger partial charge in [-0.05, 0) is 0 Å². The summed E-state index contributed by atoms with van der Waals surface area (Å²) >= 11 is 0. The molecular formula is C18H10F4N2O. The third-order valence-electron chi connectivity index (χ3n) is 3.28. The van der Waals surface area contributed by atoms with Gasteiger partial charge in [0, 0.05) is 11.1 Å². The first-order chi connectivity index (χ1) is 12.1. The highest BCUT2D eigenvalue weighted by Crippen LogP contribution is 2.25. The second-order valence-corrected chi connectivity index (χ2v) is 4.91. The molecule has 126 valence electrons. The minimum atomic E-state index is -1.81. The summed E-state index contributed by atoms with van der Waals surface area (Å²) < 4.78 is 53.7. The molecule has 0 aliphatic carbocycles. The Morgan fingerprint density at radius 3 is 1.60 bits per heavy atom. The molecule has 2 aromatic carbocycles. The number of hydrogen-bond donors (Lipinski definition) is 0. The van der Waals surface area contributed by atoms with Crippen molar-refractivity contribution in [1.82, 2.24) is 4.98 Å². The molecule has 3 nitrogen and oxygen atoms in total. The van der Waals surface area contributed by atoms with E-state index >= 15 is 0 Å². The normalized spacial score (nSPS) is 10.4. The molecule has 3 aromatic rings. The van der Waals surface area contributed by atoms with E-state index in [0.717, 1.165) is 0 Å². The molecule has 0 N–H and O–H groups in total. The lowest BCUT2D eigenvalue weighted by Crippen LogP contribution is -2.08. The second kappa shape index (κ2) is 7.12. The van der Waals surface area contributed by atoms with Crippen molar-refractivity contribution in [3.63, 3.8) is 0 Å². The standard InChI is InChI=1S/C18H10F4N2O/c19-13-16(14(20)18(22)23-17(13)21)25-24-15(11-7-3-1-4-8-11)12-9-5-2-6-10-12/h1-10H. The minimum absolute atomic E-state index is 0.234. The summed E-state index contributed by atoms with van der Waals surface area (Å²) in [7, 11) is 0. The molecule has 3 rings (SSSR count). The summed E-state index contributed by atoms with van der Waals surface area (Å²) in [5.41, 5.74) is 1.41. The van der Waals surface area contributed by atoms with Crippen LogP contribution in [0.1, 0.15) is 11.1 Å². The van der Waals surface area contributed by atoms with Gasteiger partial charge in [0.05, 0.1) is 0 Å². The van der Waals surface area contributed by atoms with Crippen LogP contribution in [0.15, 0.2) is 65.8 Å². The lowest BCUT2D eigenvalue weighted by molar-refractivity contribution is 0.277. The summed E-state index contributed by atoms with van der Waals surface area (Å²) in [5, 5.41) is 3.71. The molecule has 0 saturated carbocycles. The number of oxime groups is 1. The smallest absolute Gasteiger partial charge is 0.255 e. The van der Waals surface area contributed by atoms with Crippen LogP contribution in [0.3, 0.4) is 0 Å². The van der Waals surface area contributed by atoms with E-state index in [9.17, 15) is 17.6 Å². The largest absolute Gasteiger partial charge is 0.350 e. The van der Waals surface area contributed by atoms with Crippen LogP contribution < -0.4 is 4.84 Å². The van der Waals surface area contributed by atoms with Crippen molar-refractivity contribution in [3.05, 3.63) is 95.3 Å². The molecule has 0 aliphatic heterocycles. The summed E-state index contributed by atoms with van der Waals surface area (Å²) in [4.78, 5) is 7.18. The average molecular weight is 346 g/mol. The lowest BCUT2D eigenvalue weighted by Gasteiger charge is -2.08. The van der Waals surface area contributed by atoms with Crippen LogP contribution in [0.4, 0.5) is 17.6 Å². The highest BCUT2D eigenvalue weighted by molar-refractivity contribution is 6.12. The first-order valence-corrected chi connectivity index (χ1v) is 7.13. The highest BCUT2D eigenvalue weighted by atomic mass is 19.2. The zero-order chi connectivity index (χ0) is 17.8. The number of benzene rings is 2.